The minimum atomic E-state index is -4.47. The average Bonchev–Trinajstić information content (AvgIpc) is 3.41. The van der Waals surface area contributed by atoms with Gasteiger partial charge < -0.3 is 19.5 Å². The van der Waals surface area contributed by atoms with Crippen LogP contribution >= 0.6 is 17.0 Å². The fourth-order valence-corrected chi connectivity index (χ4v) is 5.66. The number of aryl methyl sites for hydroxylation is 2. The maximum Gasteiger partial charge on any atom is 0.416 e. The van der Waals surface area contributed by atoms with E-state index >= 15 is 0 Å². The molecular weight excluding hydrogens is 687 g/mol. The number of nitrogens with one attached hydrogen (secondary N) is 1. The second-order valence-corrected chi connectivity index (χ2v) is 11.6. The minimum absolute atomic E-state index is 0. The second-order valence-electron chi connectivity index (χ2n) is 11.6. The monoisotopic (exact) mass is 721 g/mol. The van der Waals surface area contributed by atoms with Gasteiger partial charge in [-0.3, -0.25) is 14.5 Å². The fourth-order valence-electron chi connectivity index (χ4n) is 5.66. The van der Waals surface area contributed by atoms with Crippen molar-refractivity contribution in [2.75, 3.05) is 31.5 Å². The maximum absolute atomic E-state index is 13.5. The highest BCUT2D eigenvalue weighted by Gasteiger charge is 2.30. The van der Waals surface area contributed by atoms with Crippen LogP contribution in [0.4, 0.5) is 18.9 Å². The molecule has 3 aromatic carbocycles. The van der Waals surface area contributed by atoms with Gasteiger partial charge in [-0.25, -0.2) is 4.98 Å². The van der Waals surface area contributed by atoms with Gasteiger partial charge in [-0.15, -0.1) is 17.0 Å². The predicted octanol–water partition coefficient (Wildman–Crippen LogP) is 7.74. The molecule has 12 heteroatoms. The number of halogens is 4. The molecule has 0 spiro atoms. The summed E-state index contributed by atoms with van der Waals surface area (Å²) in [5.41, 5.74) is 3.72. The van der Waals surface area contributed by atoms with Gasteiger partial charge in [0, 0.05) is 62.3 Å². The number of amides is 2. The minimum Gasteiger partial charge on any atom is -0.439 e. The first-order chi connectivity index (χ1) is 22.6. The van der Waals surface area contributed by atoms with Crippen molar-refractivity contribution in [1.29, 1.82) is 0 Å². The lowest BCUT2D eigenvalue weighted by Gasteiger charge is -2.34. The molecule has 3 heterocycles. The van der Waals surface area contributed by atoms with E-state index in [1.54, 1.807) is 18.2 Å². The normalized spacial score (nSPS) is 13.6. The number of ether oxygens (including phenoxy) is 1. The van der Waals surface area contributed by atoms with Crippen LogP contribution in [0.2, 0.25) is 0 Å². The van der Waals surface area contributed by atoms with E-state index in [-0.39, 0.29) is 34.3 Å². The first-order valence-corrected chi connectivity index (χ1v) is 15.4. The molecule has 48 heavy (non-hydrogen) atoms. The third kappa shape index (κ3) is 7.88. The molecule has 0 bridgehead atoms. The molecule has 2 amide bonds. The Morgan fingerprint density at radius 3 is 2.19 bits per heavy atom. The number of nitrogens with zero attached hydrogens (tertiary/aromatic N) is 4. The SMILES string of the molecule is Br.CCc1ccc(CN2CCN(C(=O)c3cc4cc(Oc5ccc(NC(=O)c6ccc(C(F)(F)F)cc6)cn5)ccc4n3C)CC2)cc1. The van der Waals surface area contributed by atoms with Crippen LogP contribution in [-0.4, -0.2) is 57.3 Å². The number of carbonyl (C=O) groups excluding carboxylic acids is 2. The topological polar surface area (TPSA) is 79.7 Å². The van der Waals surface area contributed by atoms with Gasteiger partial charge in [-0.1, -0.05) is 31.2 Å². The number of alkyl halides is 3. The molecule has 0 aliphatic carbocycles. The van der Waals surface area contributed by atoms with Crippen LogP contribution in [0.15, 0.2) is 91.1 Å². The molecule has 6 rings (SSSR count). The summed E-state index contributed by atoms with van der Waals surface area (Å²) in [7, 11) is 1.88. The average molecular weight is 723 g/mol. The molecule has 1 N–H and O–H groups in total. The molecule has 0 radical (unpaired) electrons. The van der Waals surface area contributed by atoms with Crippen LogP contribution in [-0.2, 0) is 26.2 Å². The van der Waals surface area contributed by atoms with Crippen molar-refractivity contribution < 1.29 is 27.5 Å². The number of pyridine rings is 1. The van der Waals surface area contributed by atoms with Gasteiger partial charge in [-0.2, -0.15) is 13.2 Å². The summed E-state index contributed by atoms with van der Waals surface area (Å²) in [6.45, 7) is 5.97. The largest absolute Gasteiger partial charge is 0.439 e. The smallest absolute Gasteiger partial charge is 0.416 e. The number of aromatic nitrogens is 2. The maximum atomic E-state index is 13.5. The zero-order chi connectivity index (χ0) is 33.1. The number of hydrogen-bond donors (Lipinski definition) is 1. The molecule has 1 aliphatic rings. The van der Waals surface area contributed by atoms with E-state index < -0.39 is 17.6 Å². The van der Waals surface area contributed by atoms with Crippen LogP contribution in [0, 0.1) is 0 Å². The summed E-state index contributed by atoms with van der Waals surface area (Å²) < 4.78 is 46.2. The van der Waals surface area contributed by atoms with E-state index in [0.29, 0.717) is 30.2 Å². The summed E-state index contributed by atoms with van der Waals surface area (Å²) in [6, 6.07) is 23.3. The highest BCUT2D eigenvalue weighted by Crippen LogP contribution is 2.30. The van der Waals surface area contributed by atoms with Gasteiger partial charge in [0.25, 0.3) is 11.8 Å². The summed E-state index contributed by atoms with van der Waals surface area (Å²) in [5.74, 6) is 0.238. The number of fused-ring (bicyclic) bond motifs is 1. The van der Waals surface area contributed by atoms with Crippen molar-refractivity contribution in [3.63, 3.8) is 0 Å². The van der Waals surface area contributed by atoms with E-state index in [4.69, 9.17) is 4.74 Å². The Morgan fingerprint density at radius 2 is 1.56 bits per heavy atom. The second kappa shape index (κ2) is 14.6. The molecule has 8 nitrogen and oxygen atoms in total. The molecule has 250 valence electrons. The molecule has 0 saturated carbocycles. The third-order valence-corrected chi connectivity index (χ3v) is 8.42. The van der Waals surface area contributed by atoms with Crippen LogP contribution in [0.1, 0.15) is 44.5 Å². The molecule has 0 unspecified atom stereocenters. The fraction of sp³-hybridized carbons (Fsp3) is 0.250. The first-order valence-electron chi connectivity index (χ1n) is 15.4. The summed E-state index contributed by atoms with van der Waals surface area (Å²) in [5, 5.41) is 3.47. The first kappa shape index (κ1) is 34.6. The van der Waals surface area contributed by atoms with Crippen molar-refractivity contribution in [1.82, 2.24) is 19.4 Å². The summed E-state index contributed by atoms with van der Waals surface area (Å²) in [6.07, 6.45) is -2.05. The Labute approximate surface area is 286 Å². The number of carbonyl (C=O) groups is 2. The highest BCUT2D eigenvalue weighted by atomic mass is 79.9. The van der Waals surface area contributed by atoms with Crippen molar-refractivity contribution in [3.8, 4) is 11.6 Å². The van der Waals surface area contributed by atoms with Gasteiger partial charge in [-0.05, 0) is 72.1 Å². The molecule has 2 aromatic heterocycles. The number of piperazine rings is 1. The molecule has 1 saturated heterocycles. The quantitative estimate of drug-likeness (QED) is 0.177. The van der Waals surface area contributed by atoms with Gasteiger partial charge in [0.15, 0.2) is 0 Å². The Hall–Kier alpha value is -4.68. The molecule has 5 aromatic rings. The van der Waals surface area contributed by atoms with Crippen molar-refractivity contribution >= 4 is 45.4 Å². The molecular formula is C36H35BrF3N5O3. The summed E-state index contributed by atoms with van der Waals surface area (Å²) >= 11 is 0. The Morgan fingerprint density at radius 1 is 0.875 bits per heavy atom. The zero-order valence-electron chi connectivity index (χ0n) is 26.5. The van der Waals surface area contributed by atoms with E-state index in [2.05, 4.69) is 46.4 Å². The van der Waals surface area contributed by atoms with Gasteiger partial charge in [0.2, 0.25) is 5.88 Å². The lowest BCUT2D eigenvalue weighted by atomic mass is 10.1. The van der Waals surface area contributed by atoms with E-state index in [0.717, 1.165) is 61.2 Å². The Kier molecular flexibility index (Phi) is 10.5. The van der Waals surface area contributed by atoms with Crippen molar-refractivity contribution in [2.45, 2.75) is 26.1 Å². The van der Waals surface area contributed by atoms with Crippen molar-refractivity contribution in [3.05, 3.63) is 119 Å². The highest BCUT2D eigenvalue weighted by molar-refractivity contribution is 8.93. The number of benzene rings is 3. The summed E-state index contributed by atoms with van der Waals surface area (Å²) in [4.78, 5) is 34.5. The van der Waals surface area contributed by atoms with E-state index in [9.17, 15) is 22.8 Å². The molecule has 0 atom stereocenters. The number of rotatable bonds is 8. The number of anilines is 1. The van der Waals surface area contributed by atoms with Crippen LogP contribution < -0.4 is 10.1 Å². The van der Waals surface area contributed by atoms with Crippen LogP contribution in [0.5, 0.6) is 11.6 Å². The van der Waals surface area contributed by atoms with Crippen molar-refractivity contribution in [2.24, 2.45) is 7.05 Å². The third-order valence-electron chi connectivity index (χ3n) is 8.42. The Bertz CT molecular complexity index is 1880. The van der Waals surface area contributed by atoms with Gasteiger partial charge >= 0.3 is 6.18 Å². The predicted molar refractivity (Wildman–Crippen MR) is 184 cm³/mol. The van der Waals surface area contributed by atoms with Gasteiger partial charge in [0.1, 0.15) is 11.4 Å². The van der Waals surface area contributed by atoms with E-state index in [1.807, 2.05) is 34.7 Å². The Balaban J connectivity index is 0.00000451. The lowest BCUT2D eigenvalue weighted by Crippen LogP contribution is -2.48. The standard InChI is InChI=1S/C36H34F3N5O3.BrH/c1-3-24-4-6-25(7-5-24)23-43-16-18-44(19-17-43)35(46)32-21-27-20-30(13-14-31(27)42(32)2)47-33-15-12-29(22-40-33)41-34(45)26-8-10-28(11-9-26)36(37,38)39;/h4-15,20-22H,3,16-19,23H2,1-2H3,(H,41,45);1H. The van der Waals surface area contributed by atoms with Crippen LogP contribution in [0.25, 0.3) is 10.9 Å². The van der Waals surface area contributed by atoms with Gasteiger partial charge in [0.05, 0.1) is 17.4 Å². The van der Waals surface area contributed by atoms with Crippen LogP contribution in [0.3, 0.4) is 0 Å². The molecule has 1 aliphatic heterocycles. The van der Waals surface area contributed by atoms with E-state index in [1.165, 1.54) is 17.3 Å². The molecule has 1 fully saturated rings. The zero-order valence-corrected chi connectivity index (χ0v) is 28.2. The lowest BCUT2D eigenvalue weighted by molar-refractivity contribution is -0.137. The number of hydrogen-bond acceptors (Lipinski definition) is 5.